The van der Waals surface area contributed by atoms with Gasteiger partial charge in [0, 0.05) is 29.6 Å². The fraction of sp³-hybridized carbons (Fsp3) is 0.154. The van der Waals surface area contributed by atoms with E-state index in [4.69, 9.17) is 21.3 Å². The summed E-state index contributed by atoms with van der Waals surface area (Å²) in [5, 5.41) is 2.17. The van der Waals surface area contributed by atoms with Gasteiger partial charge < -0.3 is 9.64 Å². The molecule has 5 rings (SSSR count). The number of carbonyl (C=O) groups is 1. The van der Waals surface area contributed by atoms with Crippen LogP contribution in [0.4, 0.5) is 11.4 Å². The van der Waals surface area contributed by atoms with Gasteiger partial charge in [0.2, 0.25) is 0 Å². The first-order valence-electron chi connectivity index (χ1n) is 10.8. The zero-order chi connectivity index (χ0) is 23.7. The number of amidine groups is 1. The van der Waals surface area contributed by atoms with Crippen molar-refractivity contribution >= 4 is 57.6 Å². The van der Waals surface area contributed by atoms with E-state index in [1.807, 2.05) is 61.6 Å². The average molecular weight is 508 g/mol. The molecule has 0 N–H and O–H groups in total. The first kappa shape index (κ1) is 22.9. The van der Waals surface area contributed by atoms with E-state index in [2.05, 4.69) is 17.0 Å². The largest absolute Gasteiger partial charge is 0.497 e. The number of ether oxygens (including phenoxy) is 1. The van der Waals surface area contributed by atoms with Crippen LogP contribution in [0.2, 0.25) is 5.02 Å². The fourth-order valence-corrected chi connectivity index (χ4v) is 6.34. The summed E-state index contributed by atoms with van der Waals surface area (Å²) >= 11 is 9.19. The SMILES string of the molecule is COc1ccc2c(c1)N(C)C(=C1SC(=Nc3cccc(Cl)c3)N(CCc3ccccc3)C1=O)S2. The lowest BCUT2D eigenvalue weighted by Gasteiger charge is -2.17. The molecule has 0 atom stereocenters. The summed E-state index contributed by atoms with van der Waals surface area (Å²) in [6.45, 7) is 0.543. The Morgan fingerprint density at radius 3 is 2.59 bits per heavy atom. The van der Waals surface area contributed by atoms with E-state index in [1.165, 1.54) is 17.3 Å². The molecule has 3 aromatic rings. The van der Waals surface area contributed by atoms with Crippen molar-refractivity contribution in [1.29, 1.82) is 0 Å². The van der Waals surface area contributed by atoms with Crippen molar-refractivity contribution in [2.75, 3.05) is 25.6 Å². The minimum Gasteiger partial charge on any atom is -0.497 e. The van der Waals surface area contributed by atoms with Gasteiger partial charge in [0.25, 0.3) is 5.91 Å². The monoisotopic (exact) mass is 507 g/mol. The molecular weight excluding hydrogens is 486 g/mol. The smallest absolute Gasteiger partial charge is 0.269 e. The highest BCUT2D eigenvalue weighted by atomic mass is 35.5. The second kappa shape index (κ2) is 9.78. The van der Waals surface area contributed by atoms with Crippen molar-refractivity contribution in [2.24, 2.45) is 4.99 Å². The van der Waals surface area contributed by atoms with Gasteiger partial charge in [-0.15, -0.1) is 0 Å². The Morgan fingerprint density at radius 1 is 1.00 bits per heavy atom. The van der Waals surface area contributed by atoms with E-state index < -0.39 is 0 Å². The van der Waals surface area contributed by atoms with Gasteiger partial charge in [-0.2, -0.15) is 0 Å². The third-order valence-electron chi connectivity index (χ3n) is 5.60. The highest BCUT2D eigenvalue weighted by molar-refractivity contribution is 8.19. The summed E-state index contributed by atoms with van der Waals surface area (Å²) in [4.78, 5) is 24.1. The second-order valence-electron chi connectivity index (χ2n) is 7.80. The predicted octanol–water partition coefficient (Wildman–Crippen LogP) is 6.57. The molecule has 3 aromatic carbocycles. The Balaban J connectivity index is 1.50. The molecule has 8 heteroatoms. The Labute approximate surface area is 212 Å². The van der Waals surface area contributed by atoms with Gasteiger partial charge in [0.05, 0.1) is 23.5 Å². The van der Waals surface area contributed by atoms with Gasteiger partial charge >= 0.3 is 0 Å². The molecule has 2 aliphatic rings. The molecule has 0 aliphatic carbocycles. The van der Waals surface area contributed by atoms with Crippen molar-refractivity contribution in [3.8, 4) is 5.75 Å². The zero-order valence-corrected chi connectivity index (χ0v) is 21.1. The van der Waals surface area contributed by atoms with Crippen LogP contribution in [0.3, 0.4) is 0 Å². The molecule has 34 heavy (non-hydrogen) atoms. The van der Waals surface area contributed by atoms with Gasteiger partial charge in [0.1, 0.15) is 10.7 Å². The zero-order valence-electron chi connectivity index (χ0n) is 18.7. The number of halogens is 1. The number of thioether (sulfide) groups is 2. The molecule has 0 saturated carbocycles. The highest BCUT2D eigenvalue weighted by Gasteiger charge is 2.39. The average Bonchev–Trinajstić information content (AvgIpc) is 3.33. The van der Waals surface area contributed by atoms with Gasteiger partial charge in [-0.25, -0.2) is 4.99 Å². The van der Waals surface area contributed by atoms with Crippen LogP contribution < -0.4 is 9.64 Å². The van der Waals surface area contributed by atoms with Crippen LogP contribution in [0, 0.1) is 0 Å². The van der Waals surface area contributed by atoms with Gasteiger partial charge in [-0.1, -0.05) is 59.8 Å². The van der Waals surface area contributed by atoms with Crippen LogP contribution in [-0.2, 0) is 11.2 Å². The number of hydrogen-bond acceptors (Lipinski definition) is 6. The Morgan fingerprint density at radius 2 is 1.82 bits per heavy atom. The highest BCUT2D eigenvalue weighted by Crippen LogP contribution is 2.51. The summed E-state index contributed by atoms with van der Waals surface area (Å²) in [5.41, 5.74) is 2.92. The molecule has 0 aromatic heterocycles. The third-order valence-corrected chi connectivity index (χ3v) is 8.26. The lowest BCUT2D eigenvalue weighted by atomic mass is 10.1. The molecule has 1 fully saturated rings. The minimum absolute atomic E-state index is 0.0316. The number of amides is 1. The summed E-state index contributed by atoms with van der Waals surface area (Å²) in [6, 6.07) is 23.5. The number of methoxy groups -OCH3 is 1. The number of nitrogens with zero attached hydrogens (tertiary/aromatic N) is 3. The molecule has 172 valence electrons. The van der Waals surface area contributed by atoms with Crippen LogP contribution in [0.1, 0.15) is 5.56 Å². The molecular formula is C26H22ClN3O2S2. The summed E-state index contributed by atoms with van der Waals surface area (Å²) < 4.78 is 5.39. The van der Waals surface area contributed by atoms with Crippen LogP contribution in [-0.4, -0.2) is 36.7 Å². The number of hydrogen-bond donors (Lipinski definition) is 0. The molecule has 2 heterocycles. The van der Waals surface area contributed by atoms with Crippen LogP contribution >= 0.6 is 35.1 Å². The van der Waals surface area contributed by atoms with E-state index in [0.29, 0.717) is 21.6 Å². The van der Waals surface area contributed by atoms with E-state index in [0.717, 1.165) is 33.5 Å². The lowest BCUT2D eigenvalue weighted by Crippen LogP contribution is -2.31. The van der Waals surface area contributed by atoms with Gasteiger partial charge in [0.15, 0.2) is 5.17 Å². The van der Waals surface area contributed by atoms with Crippen molar-refractivity contribution < 1.29 is 9.53 Å². The number of aliphatic imine (C=N–C) groups is 1. The maximum Gasteiger partial charge on any atom is 0.269 e. The maximum atomic E-state index is 13.7. The number of carbonyl (C=O) groups excluding carboxylic acids is 1. The van der Waals surface area contributed by atoms with Crippen LogP contribution in [0.25, 0.3) is 0 Å². The van der Waals surface area contributed by atoms with E-state index in [-0.39, 0.29) is 5.91 Å². The van der Waals surface area contributed by atoms with Crippen molar-refractivity contribution in [1.82, 2.24) is 4.90 Å². The quantitative estimate of drug-likeness (QED) is 0.366. The summed E-state index contributed by atoms with van der Waals surface area (Å²) in [5.74, 6) is 0.756. The lowest BCUT2D eigenvalue weighted by molar-refractivity contribution is -0.122. The van der Waals surface area contributed by atoms with E-state index in [9.17, 15) is 4.79 Å². The number of rotatable bonds is 5. The number of benzene rings is 3. The normalized spacial score (nSPS) is 18.7. The maximum absolute atomic E-state index is 13.7. The van der Waals surface area contributed by atoms with Gasteiger partial charge in [-0.05, 0) is 54.1 Å². The van der Waals surface area contributed by atoms with Crippen molar-refractivity contribution in [3.63, 3.8) is 0 Å². The van der Waals surface area contributed by atoms with Crippen LogP contribution in [0.5, 0.6) is 5.75 Å². The van der Waals surface area contributed by atoms with Gasteiger partial charge in [-0.3, -0.25) is 9.69 Å². The molecule has 1 saturated heterocycles. The van der Waals surface area contributed by atoms with E-state index in [1.54, 1.807) is 29.8 Å². The molecule has 0 unspecified atom stereocenters. The van der Waals surface area contributed by atoms with E-state index >= 15 is 0 Å². The van der Waals surface area contributed by atoms with Crippen LogP contribution in [0.15, 0.2) is 92.6 Å². The Bertz CT molecular complexity index is 1310. The Kier molecular flexibility index (Phi) is 6.59. The minimum atomic E-state index is -0.0316. The number of fused-ring (bicyclic) bond motifs is 1. The molecule has 0 radical (unpaired) electrons. The third kappa shape index (κ3) is 4.56. The first-order valence-corrected chi connectivity index (χ1v) is 12.8. The molecule has 0 spiro atoms. The summed E-state index contributed by atoms with van der Waals surface area (Å²) in [6.07, 6.45) is 0.741. The molecule has 0 bridgehead atoms. The molecule has 5 nitrogen and oxygen atoms in total. The number of anilines is 1. The standard InChI is InChI=1S/C26H22ClN3O2S2/c1-29-21-16-20(32-2)11-12-22(21)33-25(29)23-24(31)30(14-13-17-7-4-3-5-8-17)26(34-23)28-19-10-6-9-18(27)15-19/h3-12,15-16H,13-14H2,1-2H3. The fourth-order valence-electron chi connectivity index (χ4n) is 3.81. The first-order chi connectivity index (χ1) is 16.5. The predicted molar refractivity (Wildman–Crippen MR) is 142 cm³/mol. The summed E-state index contributed by atoms with van der Waals surface area (Å²) in [7, 11) is 3.64. The molecule has 1 amide bonds. The van der Waals surface area contributed by atoms with Crippen molar-refractivity contribution in [2.45, 2.75) is 11.3 Å². The second-order valence-corrected chi connectivity index (χ2v) is 10.2. The van der Waals surface area contributed by atoms with Crippen molar-refractivity contribution in [3.05, 3.63) is 93.3 Å². The molecule has 2 aliphatic heterocycles. The Hall–Kier alpha value is -2.87. The topological polar surface area (TPSA) is 45.1 Å².